The molecule has 0 bridgehead atoms. The maximum atomic E-state index is 12.2. The van der Waals surface area contributed by atoms with Crippen molar-refractivity contribution in [2.75, 3.05) is 7.05 Å². The molecule has 1 rings (SSSR count). The number of nitrogens with one attached hydrogen (secondary N) is 2. The second kappa shape index (κ2) is 7.38. The lowest BCUT2D eigenvalue weighted by Crippen LogP contribution is -2.33. The average molecular weight is 304 g/mol. The second-order valence-electron chi connectivity index (χ2n) is 5.08. The summed E-state index contributed by atoms with van der Waals surface area (Å²) < 4.78 is 27.6. The van der Waals surface area contributed by atoms with E-state index in [1.165, 1.54) is 11.3 Å². The number of rotatable bonds is 8. The second-order valence-corrected chi connectivity index (χ2v) is 7.93. The van der Waals surface area contributed by atoms with E-state index in [0.29, 0.717) is 16.7 Å². The molecule has 0 spiro atoms. The summed E-state index contributed by atoms with van der Waals surface area (Å²) in [6, 6.07) is 1.70. The maximum absolute atomic E-state index is 12.2. The van der Waals surface area contributed by atoms with E-state index in [1.54, 1.807) is 6.07 Å². The van der Waals surface area contributed by atoms with Gasteiger partial charge in [-0.3, -0.25) is 0 Å². The lowest BCUT2D eigenvalue weighted by molar-refractivity contribution is 0.446. The highest BCUT2D eigenvalue weighted by Crippen LogP contribution is 2.21. The molecule has 0 aliphatic rings. The van der Waals surface area contributed by atoms with Gasteiger partial charge in [0.05, 0.1) is 0 Å². The van der Waals surface area contributed by atoms with Crippen molar-refractivity contribution in [1.82, 2.24) is 10.0 Å². The van der Waals surface area contributed by atoms with E-state index in [9.17, 15) is 8.42 Å². The zero-order valence-electron chi connectivity index (χ0n) is 12.1. The van der Waals surface area contributed by atoms with Gasteiger partial charge in [0, 0.05) is 12.6 Å². The van der Waals surface area contributed by atoms with Crippen LogP contribution in [0.15, 0.2) is 15.7 Å². The van der Waals surface area contributed by atoms with Crippen molar-refractivity contribution in [3.63, 3.8) is 0 Å². The van der Waals surface area contributed by atoms with Gasteiger partial charge >= 0.3 is 0 Å². The first-order chi connectivity index (χ1) is 8.89. The fraction of sp³-hybridized carbons (Fsp3) is 0.692. The van der Waals surface area contributed by atoms with Crippen LogP contribution in [0.2, 0.25) is 0 Å². The Morgan fingerprint density at radius 2 is 2.05 bits per heavy atom. The van der Waals surface area contributed by atoms with E-state index in [1.807, 2.05) is 19.4 Å². The van der Waals surface area contributed by atoms with Crippen LogP contribution in [-0.4, -0.2) is 21.5 Å². The molecule has 2 atom stereocenters. The summed E-state index contributed by atoms with van der Waals surface area (Å²) in [7, 11) is -1.52. The monoisotopic (exact) mass is 304 g/mol. The zero-order valence-corrected chi connectivity index (χ0v) is 13.7. The number of sulfonamides is 1. The molecule has 110 valence electrons. The van der Waals surface area contributed by atoms with E-state index in [4.69, 9.17) is 0 Å². The molecule has 1 aromatic heterocycles. The Bertz CT molecular complexity index is 483. The largest absolute Gasteiger partial charge is 0.316 e. The van der Waals surface area contributed by atoms with Crippen LogP contribution < -0.4 is 10.0 Å². The predicted molar refractivity (Wildman–Crippen MR) is 80.9 cm³/mol. The minimum atomic E-state index is -3.37. The quantitative estimate of drug-likeness (QED) is 0.776. The lowest BCUT2D eigenvalue weighted by Gasteiger charge is -2.16. The molecule has 1 heterocycles. The summed E-state index contributed by atoms with van der Waals surface area (Å²) in [4.78, 5) is 0. The van der Waals surface area contributed by atoms with Gasteiger partial charge in [-0.15, -0.1) is 11.3 Å². The van der Waals surface area contributed by atoms with E-state index in [-0.39, 0.29) is 6.04 Å². The summed E-state index contributed by atoms with van der Waals surface area (Å²) in [6.07, 6.45) is 1.93. The van der Waals surface area contributed by atoms with Crippen LogP contribution in [0.4, 0.5) is 0 Å². The van der Waals surface area contributed by atoms with Crippen molar-refractivity contribution in [3.05, 3.63) is 17.0 Å². The first-order valence-electron chi connectivity index (χ1n) is 6.63. The normalized spacial score (nSPS) is 15.4. The molecule has 19 heavy (non-hydrogen) atoms. The minimum Gasteiger partial charge on any atom is -0.316 e. The molecular formula is C13H24N2O2S2. The molecular weight excluding hydrogens is 280 g/mol. The molecule has 0 amide bonds. The Kier molecular flexibility index (Phi) is 6.46. The number of hydrogen-bond donors (Lipinski definition) is 2. The molecule has 0 aliphatic heterocycles. The molecule has 1 aromatic rings. The average Bonchev–Trinajstić information content (AvgIpc) is 2.78. The maximum Gasteiger partial charge on any atom is 0.250 e. The Morgan fingerprint density at radius 3 is 2.63 bits per heavy atom. The molecule has 0 saturated carbocycles. The van der Waals surface area contributed by atoms with Crippen molar-refractivity contribution in [2.24, 2.45) is 5.92 Å². The molecule has 0 saturated heterocycles. The number of thiophene rings is 1. The van der Waals surface area contributed by atoms with Gasteiger partial charge in [0.2, 0.25) is 10.0 Å². The third kappa shape index (κ3) is 5.22. The molecule has 4 nitrogen and oxygen atoms in total. The highest BCUT2D eigenvalue weighted by Gasteiger charge is 2.20. The van der Waals surface area contributed by atoms with Gasteiger partial charge in [0.1, 0.15) is 4.21 Å². The fourth-order valence-corrected chi connectivity index (χ4v) is 4.41. The van der Waals surface area contributed by atoms with Crippen molar-refractivity contribution in [1.29, 1.82) is 0 Å². The van der Waals surface area contributed by atoms with Gasteiger partial charge in [-0.1, -0.05) is 20.3 Å². The summed E-state index contributed by atoms with van der Waals surface area (Å²) in [5.41, 5.74) is 1.00. The zero-order chi connectivity index (χ0) is 14.5. The van der Waals surface area contributed by atoms with Crippen molar-refractivity contribution in [2.45, 2.75) is 50.4 Å². The van der Waals surface area contributed by atoms with Crippen molar-refractivity contribution < 1.29 is 8.42 Å². The molecule has 2 unspecified atom stereocenters. The Labute approximate surface area is 120 Å². The lowest BCUT2D eigenvalue weighted by atomic mass is 10.0. The molecule has 6 heteroatoms. The van der Waals surface area contributed by atoms with Crippen LogP contribution in [-0.2, 0) is 16.6 Å². The van der Waals surface area contributed by atoms with Gasteiger partial charge in [0.25, 0.3) is 0 Å². The van der Waals surface area contributed by atoms with Crippen LogP contribution in [0.1, 0.15) is 39.2 Å². The van der Waals surface area contributed by atoms with E-state index in [2.05, 4.69) is 23.9 Å². The van der Waals surface area contributed by atoms with E-state index < -0.39 is 10.0 Å². The van der Waals surface area contributed by atoms with Crippen molar-refractivity contribution in [3.8, 4) is 0 Å². The summed E-state index contributed by atoms with van der Waals surface area (Å²) in [6.45, 7) is 6.87. The van der Waals surface area contributed by atoms with Gasteiger partial charge in [-0.2, -0.15) is 0 Å². The first kappa shape index (κ1) is 16.6. The summed E-state index contributed by atoms with van der Waals surface area (Å²) in [5, 5.41) is 4.89. The van der Waals surface area contributed by atoms with Gasteiger partial charge in [-0.05, 0) is 43.3 Å². The van der Waals surface area contributed by atoms with Gasteiger partial charge in [0.15, 0.2) is 0 Å². The number of hydrogen-bond acceptors (Lipinski definition) is 4. The van der Waals surface area contributed by atoms with Crippen LogP contribution in [0, 0.1) is 5.92 Å². The Hall–Kier alpha value is -0.430. The van der Waals surface area contributed by atoms with Gasteiger partial charge in [-0.25, -0.2) is 13.1 Å². The van der Waals surface area contributed by atoms with Crippen LogP contribution in [0.3, 0.4) is 0 Å². The minimum absolute atomic E-state index is 0.0326. The standard InChI is InChI=1S/C13H24N2O2S2/c1-5-10(2)6-11(3)15-19(16,17)13-7-12(8-14-4)9-18-13/h7,9-11,14-15H,5-6,8H2,1-4H3. The van der Waals surface area contributed by atoms with Crippen molar-refractivity contribution >= 4 is 21.4 Å². The first-order valence-corrected chi connectivity index (χ1v) is 8.99. The van der Waals surface area contributed by atoms with E-state index in [0.717, 1.165) is 18.4 Å². The molecule has 0 aromatic carbocycles. The highest BCUT2D eigenvalue weighted by molar-refractivity contribution is 7.91. The van der Waals surface area contributed by atoms with Crippen LogP contribution in [0.25, 0.3) is 0 Å². The highest BCUT2D eigenvalue weighted by atomic mass is 32.2. The molecule has 2 N–H and O–H groups in total. The van der Waals surface area contributed by atoms with Crippen LogP contribution in [0.5, 0.6) is 0 Å². The third-order valence-electron chi connectivity index (χ3n) is 3.08. The topological polar surface area (TPSA) is 58.2 Å². The Morgan fingerprint density at radius 1 is 1.37 bits per heavy atom. The van der Waals surface area contributed by atoms with Gasteiger partial charge < -0.3 is 5.32 Å². The molecule has 0 aliphatic carbocycles. The third-order valence-corrected chi connectivity index (χ3v) is 6.16. The molecule has 0 fully saturated rings. The fourth-order valence-electron chi connectivity index (χ4n) is 1.93. The molecule has 0 radical (unpaired) electrons. The Balaban J connectivity index is 2.69. The summed E-state index contributed by atoms with van der Waals surface area (Å²) in [5.74, 6) is 0.529. The van der Waals surface area contributed by atoms with E-state index >= 15 is 0 Å². The smallest absolute Gasteiger partial charge is 0.250 e. The van der Waals surface area contributed by atoms with Crippen LogP contribution >= 0.6 is 11.3 Å². The predicted octanol–water partition coefficient (Wildman–Crippen LogP) is 2.57. The SMILES string of the molecule is CCC(C)CC(C)NS(=O)(=O)c1cc(CNC)cs1. The summed E-state index contributed by atoms with van der Waals surface area (Å²) >= 11 is 1.27.